The molecule has 1 saturated heterocycles. The normalized spacial score (nSPS) is 15.8. The molecule has 0 unspecified atom stereocenters. The molecule has 1 N–H and O–H groups in total. The van der Waals surface area contributed by atoms with E-state index in [1.54, 1.807) is 55.5 Å². The largest absolute Gasteiger partial charge is 0.480 e. The highest BCUT2D eigenvalue weighted by Crippen LogP contribution is 2.30. The molecule has 0 aliphatic carbocycles. The van der Waals surface area contributed by atoms with E-state index in [1.165, 1.54) is 0 Å². The lowest BCUT2D eigenvalue weighted by Crippen LogP contribution is -2.20. The number of benzene rings is 2. The Kier molecular flexibility index (Phi) is 7.73. The van der Waals surface area contributed by atoms with E-state index in [1.807, 2.05) is 0 Å². The number of esters is 1. The standard InChI is InChI=1S/C21H16Cl2N2O5S/c1-2-29-18(26)11-30-16-8-3-12(9-15(16)23)10-17-20(28)25-21(31-17)24-19(27)13-4-6-14(22)7-5-13/h3-10H,2,11H2,1H3,(H,24,25,27,28)/b17-10-. The van der Waals surface area contributed by atoms with E-state index in [0.717, 1.165) is 11.8 Å². The Bertz CT molecular complexity index is 1080. The molecule has 0 bridgehead atoms. The zero-order valence-corrected chi connectivity index (χ0v) is 18.5. The number of carbonyl (C=O) groups excluding carboxylic acids is 3. The van der Waals surface area contributed by atoms with Crippen molar-refractivity contribution in [3.8, 4) is 5.75 Å². The number of hydrogen-bond donors (Lipinski definition) is 1. The number of carbonyl (C=O) groups is 3. The first-order chi connectivity index (χ1) is 14.9. The first-order valence-corrected chi connectivity index (χ1v) is 10.6. The van der Waals surface area contributed by atoms with Crippen molar-refractivity contribution in [3.05, 3.63) is 68.5 Å². The number of amidine groups is 1. The highest BCUT2D eigenvalue weighted by Gasteiger charge is 2.25. The molecule has 31 heavy (non-hydrogen) atoms. The molecule has 2 amide bonds. The first kappa shape index (κ1) is 22.9. The van der Waals surface area contributed by atoms with Gasteiger partial charge in [0, 0.05) is 10.6 Å². The van der Waals surface area contributed by atoms with Crippen LogP contribution in [0.4, 0.5) is 0 Å². The van der Waals surface area contributed by atoms with Crippen molar-refractivity contribution in [3.63, 3.8) is 0 Å². The highest BCUT2D eigenvalue weighted by atomic mass is 35.5. The summed E-state index contributed by atoms with van der Waals surface area (Å²) < 4.78 is 10.1. The lowest BCUT2D eigenvalue weighted by atomic mass is 10.2. The SMILES string of the molecule is CCOC(=O)COc1ccc(/C=C2\SC(=NC(=O)c3ccc(Cl)cc3)NC2=O)cc1Cl. The van der Waals surface area contributed by atoms with Crippen molar-refractivity contribution < 1.29 is 23.9 Å². The summed E-state index contributed by atoms with van der Waals surface area (Å²) in [6.07, 6.45) is 1.61. The maximum absolute atomic E-state index is 12.2. The smallest absolute Gasteiger partial charge is 0.344 e. The van der Waals surface area contributed by atoms with Gasteiger partial charge in [-0.25, -0.2) is 4.79 Å². The monoisotopic (exact) mass is 478 g/mol. The number of aliphatic imine (C=N–C) groups is 1. The van der Waals surface area contributed by atoms with Gasteiger partial charge in [-0.05, 0) is 66.7 Å². The predicted octanol–water partition coefficient (Wildman–Crippen LogP) is 4.34. The minimum absolute atomic E-state index is 0.177. The lowest BCUT2D eigenvalue weighted by Gasteiger charge is -2.08. The predicted molar refractivity (Wildman–Crippen MR) is 121 cm³/mol. The molecule has 7 nitrogen and oxygen atoms in total. The van der Waals surface area contributed by atoms with Crippen LogP contribution >= 0.6 is 35.0 Å². The van der Waals surface area contributed by atoms with Crippen molar-refractivity contribution in [2.24, 2.45) is 4.99 Å². The van der Waals surface area contributed by atoms with Crippen LogP contribution in [0.2, 0.25) is 10.0 Å². The molecule has 3 rings (SSSR count). The van der Waals surface area contributed by atoms with E-state index in [2.05, 4.69) is 10.3 Å². The number of halogens is 2. The van der Waals surface area contributed by atoms with Crippen LogP contribution in [0.5, 0.6) is 5.75 Å². The summed E-state index contributed by atoms with van der Waals surface area (Å²) in [4.78, 5) is 40.1. The molecule has 0 saturated carbocycles. The first-order valence-electron chi connectivity index (χ1n) is 9.03. The number of nitrogens with zero attached hydrogens (tertiary/aromatic N) is 1. The van der Waals surface area contributed by atoms with Gasteiger partial charge < -0.3 is 14.8 Å². The van der Waals surface area contributed by atoms with Gasteiger partial charge in [-0.3, -0.25) is 9.59 Å². The van der Waals surface area contributed by atoms with Gasteiger partial charge in [0.15, 0.2) is 11.8 Å². The summed E-state index contributed by atoms with van der Waals surface area (Å²) >= 11 is 13.0. The third-order valence-electron chi connectivity index (χ3n) is 3.85. The fourth-order valence-electron chi connectivity index (χ4n) is 2.44. The maximum Gasteiger partial charge on any atom is 0.344 e. The molecule has 1 aliphatic rings. The van der Waals surface area contributed by atoms with E-state index in [-0.39, 0.29) is 29.3 Å². The molecule has 0 atom stereocenters. The number of amides is 2. The molecule has 1 fully saturated rings. The second-order valence-electron chi connectivity index (χ2n) is 6.08. The van der Waals surface area contributed by atoms with Gasteiger partial charge in [-0.1, -0.05) is 29.3 Å². The van der Waals surface area contributed by atoms with Crippen LogP contribution in [-0.2, 0) is 14.3 Å². The quantitative estimate of drug-likeness (QED) is 0.490. The van der Waals surface area contributed by atoms with Gasteiger partial charge in [0.2, 0.25) is 0 Å². The van der Waals surface area contributed by atoms with Gasteiger partial charge in [0.1, 0.15) is 5.75 Å². The summed E-state index contributed by atoms with van der Waals surface area (Å²) in [6.45, 7) is 1.71. The third-order valence-corrected chi connectivity index (χ3v) is 5.31. The number of rotatable bonds is 6. The molecule has 0 aromatic heterocycles. The van der Waals surface area contributed by atoms with E-state index in [9.17, 15) is 14.4 Å². The highest BCUT2D eigenvalue weighted by molar-refractivity contribution is 8.18. The Labute approximate surface area is 192 Å². The number of hydrogen-bond acceptors (Lipinski definition) is 6. The summed E-state index contributed by atoms with van der Waals surface area (Å²) in [7, 11) is 0. The topological polar surface area (TPSA) is 94.1 Å². The summed E-state index contributed by atoms with van der Waals surface area (Å²) in [5.74, 6) is -1.06. The minimum Gasteiger partial charge on any atom is -0.480 e. The molecule has 0 spiro atoms. The Morgan fingerprint density at radius 3 is 2.58 bits per heavy atom. The van der Waals surface area contributed by atoms with Crippen LogP contribution in [0.15, 0.2) is 52.4 Å². The molecule has 160 valence electrons. The Morgan fingerprint density at radius 1 is 1.16 bits per heavy atom. The molecule has 1 aliphatic heterocycles. The second-order valence-corrected chi connectivity index (χ2v) is 7.95. The maximum atomic E-state index is 12.2. The summed E-state index contributed by atoms with van der Waals surface area (Å²) in [5, 5.41) is 3.51. The van der Waals surface area contributed by atoms with Crippen molar-refractivity contribution >= 4 is 64.0 Å². The molecule has 2 aromatic carbocycles. The molecule has 10 heteroatoms. The number of ether oxygens (including phenoxy) is 2. The second kappa shape index (κ2) is 10.5. The Balaban J connectivity index is 1.68. The van der Waals surface area contributed by atoms with Crippen LogP contribution in [0.3, 0.4) is 0 Å². The van der Waals surface area contributed by atoms with Crippen molar-refractivity contribution in [2.75, 3.05) is 13.2 Å². The molecule has 2 aromatic rings. The van der Waals surface area contributed by atoms with Crippen LogP contribution in [-0.4, -0.2) is 36.2 Å². The van der Waals surface area contributed by atoms with Gasteiger partial charge in [0.25, 0.3) is 11.8 Å². The summed E-state index contributed by atoms with van der Waals surface area (Å²) in [5.41, 5.74) is 0.991. The van der Waals surface area contributed by atoms with E-state index in [4.69, 9.17) is 32.7 Å². The van der Waals surface area contributed by atoms with Crippen molar-refractivity contribution in [1.29, 1.82) is 0 Å². The van der Waals surface area contributed by atoms with Crippen LogP contribution in [0.1, 0.15) is 22.8 Å². The average Bonchev–Trinajstić information content (AvgIpc) is 3.06. The molecular weight excluding hydrogens is 463 g/mol. The molecular formula is C21H16Cl2N2O5S. The van der Waals surface area contributed by atoms with Crippen LogP contribution < -0.4 is 10.1 Å². The van der Waals surface area contributed by atoms with Gasteiger partial charge in [-0.2, -0.15) is 4.99 Å². The Morgan fingerprint density at radius 2 is 1.90 bits per heavy atom. The van der Waals surface area contributed by atoms with Gasteiger partial charge in [-0.15, -0.1) is 0 Å². The third kappa shape index (κ3) is 6.33. The molecule has 0 radical (unpaired) electrons. The van der Waals surface area contributed by atoms with Crippen molar-refractivity contribution in [1.82, 2.24) is 5.32 Å². The van der Waals surface area contributed by atoms with E-state index in [0.29, 0.717) is 26.8 Å². The average molecular weight is 479 g/mol. The zero-order valence-electron chi connectivity index (χ0n) is 16.2. The lowest BCUT2D eigenvalue weighted by molar-refractivity contribution is -0.145. The minimum atomic E-state index is -0.497. The Hall–Kier alpha value is -2.81. The molecule has 1 heterocycles. The van der Waals surface area contributed by atoms with Gasteiger partial charge in [0.05, 0.1) is 16.5 Å². The number of nitrogens with one attached hydrogen (secondary N) is 1. The summed E-state index contributed by atoms with van der Waals surface area (Å²) in [6, 6.07) is 11.2. The fourth-order valence-corrected chi connectivity index (χ4v) is 3.63. The van der Waals surface area contributed by atoms with E-state index < -0.39 is 11.9 Å². The van der Waals surface area contributed by atoms with E-state index >= 15 is 0 Å². The fraction of sp³-hybridized carbons (Fsp3) is 0.143. The van der Waals surface area contributed by atoms with Crippen LogP contribution in [0.25, 0.3) is 6.08 Å². The van der Waals surface area contributed by atoms with Crippen molar-refractivity contribution in [2.45, 2.75) is 6.92 Å². The number of thioether (sulfide) groups is 1. The van der Waals surface area contributed by atoms with Crippen LogP contribution in [0, 0.1) is 0 Å². The zero-order chi connectivity index (χ0) is 22.4. The van der Waals surface area contributed by atoms with Gasteiger partial charge >= 0.3 is 5.97 Å².